The number of ether oxygens (including phenoxy) is 1. The van der Waals surface area contributed by atoms with E-state index in [9.17, 15) is 0 Å². The highest BCUT2D eigenvalue weighted by Crippen LogP contribution is 2.20. The molecule has 20 heavy (non-hydrogen) atoms. The zero-order chi connectivity index (χ0) is 14.2. The lowest BCUT2D eigenvalue weighted by molar-refractivity contribution is 0.304. The van der Waals surface area contributed by atoms with Crippen molar-refractivity contribution in [2.75, 3.05) is 6.61 Å². The third-order valence-corrected chi connectivity index (χ3v) is 2.83. The van der Waals surface area contributed by atoms with E-state index in [-0.39, 0.29) is 6.61 Å². The Balaban J connectivity index is 2.13. The van der Waals surface area contributed by atoms with E-state index in [1.165, 1.54) is 0 Å². The lowest BCUT2D eigenvalue weighted by atomic mass is 10.1. The van der Waals surface area contributed by atoms with Gasteiger partial charge >= 0.3 is 0 Å². The van der Waals surface area contributed by atoms with Crippen LogP contribution in [0.2, 0.25) is 0 Å². The molecule has 0 fully saturated rings. The number of rotatable bonds is 4. The SMILES string of the molecule is Cc1ccc(OCc2ccccc2)c(C#CCCO)c1. The van der Waals surface area contributed by atoms with Crippen LogP contribution in [0.15, 0.2) is 48.5 Å². The molecule has 2 heteroatoms. The van der Waals surface area contributed by atoms with Gasteiger partial charge in [0.2, 0.25) is 0 Å². The lowest BCUT2D eigenvalue weighted by Crippen LogP contribution is -1.97. The number of aliphatic hydroxyl groups excluding tert-OH is 1. The van der Waals surface area contributed by atoms with Crippen molar-refractivity contribution in [3.63, 3.8) is 0 Å². The maximum atomic E-state index is 8.79. The Bertz CT molecular complexity index is 606. The maximum absolute atomic E-state index is 8.79. The van der Waals surface area contributed by atoms with Crippen molar-refractivity contribution in [1.29, 1.82) is 0 Å². The lowest BCUT2D eigenvalue weighted by Gasteiger charge is -2.09. The minimum atomic E-state index is 0.0824. The highest BCUT2D eigenvalue weighted by molar-refractivity contribution is 5.48. The van der Waals surface area contributed by atoms with Crippen molar-refractivity contribution in [3.8, 4) is 17.6 Å². The molecule has 0 aliphatic rings. The van der Waals surface area contributed by atoms with Crippen molar-refractivity contribution < 1.29 is 9.84 Å². The van der Waals surface area contributed by atoms with E-state index in [0.717, 1.165) is 22.4 Å². The molecule has 0 aliphatic carbocycles. The summed E-state index contributed by atoms with van der Waals surface area (Å²) in [5.74, 6) is 6.78. The van der Waals surface area contributed by atoms with Gasteiger partial charge in [0.25, 0.3) is 0 Å². The van der Waals surface area contributed by atoms with Gasteiger partial charge in [-0.15, -0.1) is 0 Å². The zero-order valence-electron chi connectivity index (χ0n) is 11.6. The van der Waals surface area contributed by atoms with Crippen LogP contribution in [0.1, 0.15) is 23.1 Å². The second-order valence-corrected chi connectivity index (χ2v) is 4.55. The van der Waals surface area contributed by atoms with Gasteiger partial charge in [0.15, 0.2) is 0 Å². The molecule has 1 N–H and O–H groups in total. The zero-order valence-corrected chi connectivity index (χ0v) is 11.6. The molecule has 2 aromatic carbocycles. The molecule has 2 aromatic rings. The second-order valence-electron chi connectivity index (χ2n) is 4.55. The van der Waals surface area contributed by atoms with Gasteiger partial charge in [-0.05, 0) is 30.2 Å². The van der Waals surface area contributed by atoms with Gasteiger partial charge in [0.1, 0.15) is 12.4 Å². The Morgan fingerprint density at radius 1 is 1.10 bits per heavy atom. The van der Waals surface area contributed by atoms with E-state index in [2.05, 4.69) is 11.8 Å². The summed E-state index contributed by atoms with van der Waals surface area (Å²) < 4.78 is 5.84. The average Bonchev–Trinajstić information content (AvgIpc) is 2.48. The van der Waals surface area contributed by atoms with Crippen molar-refractivity contribution in [3.05, 3.63) is 65.2 Å². The Morgan fingerprint density at radius 2 is 1.90 bits per heavy atom. The fourth-order valence-corrected chi connectivity index (χ4v) is 1.82. The predicted molar refractivity (Wildman–Crippen MR) is 80.5 cm³/mol. The Hall–Kier alpha value is -2.24. The Kier molecular flexibility index (Phi) is 5.23. The molecule has 102 valence electrons. The standard InChI is InChI=1S/C18H18O2/c1-15-10-11-18(17(13-15)9-5-6-12-19)20-14-16-7-3-2-4-8-16/h2-4,7-8,10-11,13,19H,6,12,14H2,1H3. The molecule has 0 radical (unpaired) electrons. The van der Waals surface area contributed by atoms with Gasteiger partial charge < -0.3 is 9.84 Å². The molecule has 2 nitrogen and oxygen atoms in total. The minimum absolute atomic E-state index is 0.0824. The molecular weight excluding hydrogens is 248 g/mol. The van der Waals surface area contributed by atoms with E-state index in [1.54, 1.807) is 0 Å². The fourth-order valence-electron chi connectivity index (χ4n) is 1.82. The van der Waals surface area contributed by atoms with Crippen LogP contribution in [0, 0.1) is 18.8 Å². The van der Waals surface area contributed by atoms with Crippen LogP contribution in [-0.4, -0.2) is 11.7 Å². The normalized spacial score (nSPS) is 9.70. The van der Waals surface area contributed by atoms with E-state index < -0.39 is 0 Å². The van der Waals surface area contributed by atoms with Crippen LogP contribution in [0.4, 0.5) is 0 Å². The minimum Gasteiger partial charge on any atom is -0.488 e. The van der Waals surface area contributed by atoms with Crippen LogP contribution in [0.3, 0.4) is 0 Å². The molecule has 0 heterocycles. The van der Waals surface area contributed by atoms with Crippen LogP contribution in [-0.2, 0) is 6.61 Å². The van der Waals surface area contributed by atoms with Crippen LogP contribution >= 0.6 is 0 Å². The van der Waals surface area contributed by atoms with Crippen molar-refractivity contribution in [2.45, 2.75) is 20.0 Å². The summed E-state index contributed by atoms with van der Waals surface area (Å²) in [4.78, 5) is 0. The highest BCUT2D eigenvalue weighted by Gasteiger charge is 2.02. The molecule has 0 aliphatic heterocycles. The monoisotopic (exact) mass is 266 g/mol. The Labute approximate surface area is 120 Å². The topological polar surface area (TPSA) is 29.5 Å². The third-order valence-electron chi connectivity index (χ3n) is 2.83. The van der Waals surface area contributed by atoms with Gasteiger partial charge in [0, 0.05) is 6.42 Å². The molecule has 0 amide bonds. The van der Waals surface area contributed by atoms with Crippen molar-refractivity contribution in [1.82, 2.24) is 0 Å². The molecule has 0 saturated heterocycles. The van der Waals surface area contributed by atoms with Gasteiger partial charge in [-0.1, -0.05) is 48.2 Å². The quantitative estimate of drug-likeness (QED) is 0.860. The second kappa shape index (κ2) is 7.37. The summed E-state index contributed by atoms with van der Waals surface area (Å²) in [5, 5.41) is 8.79. The summed E-state index contributed by atoms with van der Waals surface area (Å²) in [6.07, 6.45) is 0.478. The summed E-state index contributed by atoms with van der Waals surface area (Å²) in [6, 6.07) is 16.0. The fraction of sp³-hybridized carbons (Fsp3) is 0.222. The number of aryl methyl sites for hydroxylation is 1. The molecule has 0 bridgehead atoms. The summed E-state index contributed by atoms with van der Waals surface area (Å²) >= 11 is 0. The first kappa shape index (κ1) is 14.2. The van der Waals surface area contributed by atoms with Crippen LogP contribution < -0.4 is 4.74 Å². The summed E-state index contributed by atoms with van der Waals surface area (Å²) in [7, 11) is 0. The largest absolute Gasteiger partial charge is 0.488 e. The predicted octanol–water partition coefficient (Wildman–Crippen LogP) is 3.31. The summed E-state index contributed by atoms with van der Waals surface area (Å²) in [6.45, 7) is 2.63. The van der Waals surface area contributed by atoms with E-state index >= 15 is 0 Å². The molecule has 0 saturated carbocycles. The van der Waals surface area contributed by atoms with Gasteiger partial charge in [-0.3, -0.25) is 0 Å². The first-order valence-electron chi connectivity index (χ1n) is 6.66. The number of hydrogen-bond donors (Lipinski definition) is 1. The third kappa shape index (κ3) is 4.15. The first-order chi connectivity index (χ1) is 9.79. The van der Waals surface area contributed by atoms with Gasteiger partial charge in [-0.2, -0.15) is 0 Å². The summed E-state index contributed by atoms with van der Waals surface area (Å²) in [5.41, 5.74) is 3.14. The van der Waals surface area contributed by atoms with Gasteiger partial charge in [0.05, 0.1) is 12.2 Å². The molecule has 0 atom stereocenters. The number of benzene rings is 2. The van der Waals surface area contributed by atoms with Crippen molar-refractivity contribution >= 4 is 0 Å². The van der Waals surface area contributed by atoms with Crippen LogP contribution in [0.5, 0.6) is 5.75 Å². The maximum Gasteiger partial charge on any atom is 0.135 e. The highest BCUT2D eigenvalue weighted by atomic mass is 16.5. The van der Waals surface area contributed by atoms with Gasteiger partial charge in [-0.25, -0.2) is 0 Å². The number of hydrogen-bond acceptors (Lipinski definition) is 2. The van der Waals surface area contributed by atoms with Crippen molar-refractivity contribution in [2.24, 2.45) is 0 Å². The van der Waals surface area contributed by atoms with E-state index in [0.29, 0.717) is 13.0 Å². The smallest absolute Gasteiger partial charge is 0.135 e. The molecular formula is C18H18O2. The van der Waals surface area contributed by atoms with Crippen LogP contribution in [0.25, 0.3) is 0 Å². The molecule has 0 spiro atoms. The molecule has 0 unspecified atom stereocenters. The average molecular weight is 266 g/mol. The Morgan fingerprint density at radius 3 is 2.65 bits per heavy atom. The van der Waals surface area contributed by atoms with E-state index in [1.807, 2.05) is 55.5 Å². The van der Waals surface area contributed by atoms with E-state index in [4.69, 9.17) is 9.84 Å². The first-order valence-corrected chi connectivity index (χ1v) is 6.66. The number of aliphatic hydroxyl groups is 1. The molecule has 2 rings (SSSR count). The molecule has 0 aromatic heterocycles.